The summed E-state index contributed by atoms with van der Waals surface area (Å²) in [6, 6.07) is 6.26. The molecule has 0 aliphatic carbocycles. The Kier molecular flexibility index (Phi) is 5.86. The first-order valence-corrected chi connectivity index (χ1v) is 9.81. The van der Waals surface area contributed by atoms with Gasteiger partial charge in [0.1, 0.15) is 11.9 Å². The summed E-state index contributed by atoms with van der Waals surface area (Å²) in [5.74, 6) is -0.322. The van der Waals surface area contributed by atoms with Crippen LogP contribution in [0.15, 0.2) is 24.3 Å². The predicted molar refractivity (Wildman–Crippen MR) is 107 cm³/mol. The van der Waals surface area contributed by atoms with Crippen molar-refractivity contribution in [1.82, 2.24) is 25.9 Å². The van der Waals surface area contributed by atoms with Crippen molar-refractivity contribution in [2.75, 3.05) is 6.54 Å². The van der Waals surface area contributed by atoms with Crippen LogP contribution in [0.4, 0.5) is 4.39 Å². The molecule has 2 heterocycles. The average Bonchev–Trinajstić information content (AvgIpc) is 3.24. The Labute approximate surface area is 165 Å². The highest BCUT2D eigenvalue weighted by Gasteiger charge is 2.34. The fourth-order valence-electron chi connectivity index (χ4n) is 3.88. The van der Waals surface area contributed by atoms with Crippen molar-refractivity contribution in [3.8, 4) is 0 Å². The summed E-state index contributed by atoms with van der Waals surface area (Å²) in [6.07, 6.45) is 0.656. The second kappa shape index (κ2) is 8.01. The number of hydrazine groups is 1. The molecule has 6 nitrogen and oxygen atoms in total. The number of amides is 1. The van der Waals surface area contributed by atoms with Crippen molar-refractivity contribution >= 4 is 5.91 Å². The average molecular weight is 388 g/mol. The Morgan fingerprint density at radius 1 is 1.36 bits per heavy atom. The molecular weight excluding hydrogens is 357 g/mol. The van der Waals surface area contributed by atoms with E-state index in [-0.39, 0.29) is 29.2 Å². The molecule has 2 unspecified atom stereocenters. The first-order chi connectivity index (χ1) is 13.2. The van der Waals surface area contributed by atoms with Crippen LogP contribution in [0, 0.1) is 19.7 Å². The maximum atomic E-state index is 13.5. The van der Waals surface area contributed by atoms with E-state index in [2.05, 4.69) is 35.1 Å². The van der Waals surface area contributed by atoms with Gasteiger partial charge < -0.3 is 5.32 Å². The van der Waals surface area contributed by atoms with E-state index in [9.17, 15) is 9.18 Å². The van der Waals surface area contributed by atoms with Crippen molar-refractivity contribution in [1.29, 1.82) is 0 Å². The lowest BCUT2D eigenvalue weighted by Gasteiger charge is -2.26. The van der Waals surface area contributed by atoms with Crippen LogP contribution in [-0.2, 0) is 16.8 Å². The molecule has 1 amide bonds. The minimum Gasteiger partial charge on any atom is -0.354 e. The lowest BCUT2D eigenvalue weighted by Crippen LogP contribution is -2.46. The molecule has 1 saturated heterocycles. The van der Waals surface area contributed by atoms with Crippen molar-refractivity contribution in [2.45, 2.75) is 65.1 Å². The lowest BCUT2D eigenvalue weighted by atomic mass is 9.84. The number of aryl methyl sites for hydroxylation is 2. The molecule has 0 bridgehead atoms. The highest BCUT2D eigenvalue weighted by molar-refractivity contribution is 5.82. The molecule has 28 heavy (non-hydrogen) atoms. The zero-order valence-electron chi connectivity index (χ0n) is 17.3. The quantitative estimate of drug-likeness (QED) is 0.713. The second-order valence-corrected chi connectivity index (χ2v) is 8.14. The van der Waals surface area contributed by atoms with Gasteiger partial charge in [0.05, 0.1) is 11.7 Å². The van der Waals surface area contributed by atoms with Gasteiger partial charge >= 0.3 is 0 Å². The molecular formula is C21H30FN5O. The summed E-state index contributed by atoms with van der Waals surface area (Å²) in [5.41, 5.74) is 10.1. The monoisotopic (exact) mass is 387 g/mol. The Bertz CT molecular complexity index is 860. The van der Waals surface area contributed by atoms with Gasteiger partial charge in [-0.3, -0.25) is 9.48 Å². The molecule has 1 aromatic carbocycles. The molecule has 1 aliphatic heterocycles. The Hall–Kier alpha value is -2.25. The van der Waals surface area contributed by atoms with Gasteiger partial charge in [0.15, 0.2) is 0 Å². The van der Waals surface area contributed by atoms with Crippen LogP contribution in [0.3, 0.4) is 0 Å². The molecule has 0 spiro atoms. The van der Waals surface area contributed by atoms with E-state index in [0.29, 0.717) is 13.0 Å². The highest BCUT2D eigenvalue weighted by Crippen LogP contribution is 2.28. The maximum Gasteiger partial charge on any atom is 0.238 e. The third-order valence-corrected chi connectivity index (χ3v) is 5.62. The van der Waals surface area contributed by atoms with Gasteiger partial charge in [-0.1, -0.05) is 26.0 Å². The molecule has 7 heteroatoms. The Morgan fingerprint density at radius 2 is 2.11 bits per heavy atom. The minimum absolute atomic E-state index is 0.0484. The summed E-state index contributed by atoms with van der Waals surface area (Å²) in [5, 5.41) is 7.59. The van der Waals surface area contributed by atoms with E-state index in [1.165, 1.54) is 12.1 Å². The number of nitrogens with one attached hydrogen (secondary N) is 3. The fourth-order valence-corrected chi connectivity index (χ4v) is 3.88. The Balaban J connectivity index is 1.61. The van der Waals surface area contributed by atoms with E-state index < -0.39 is 0 Å². The third kappa shape index (κ3) is 4.10. The zero-order chi connectivity index (χ0) is 20.5. The van der Waals surface area contributed by atoms with Crippen molar-refractivity contribution in [2.24, 2.45) is 0 Å². The summed E-state index contributed by atoms with van der Waals surface area (Å²) in [6.45, 7) is 11.4. The van der Waals surface area contributed by atoms with Crippen molar-refractivity contribution in [3.05, 3.63) is 52.6 Å². The summed E-state index contributed by atoms with van der Waals surface area (Å²) < 4.78 is 15.5. The van der Waals surface area contributed by atoms with E-state index in [1.54, 1.807) is 6.07 Å². The van der Waals surface area contributed by atoms with E-state index in [1.807, 2.05) is 31.5 Å². The lowest BCUT2D eigenvalue weighted by molar-refractivity contribution is -0.123. The van der Waals surface area contributed by atoms with Crippen molar-refractivity contribution in [3.63, 3.8) is 0 Å². The molecule has 3 N–H and O–H groups in total. The molecule has 2 atom stereocenters. The predicted octanol–water partition coefficient (Wildman–Crippen LogP) is 2.66. The zero-order valence-corrected chi connectivity index (χ0v) is 17.3. The molecule has 0 radical (unpaired) electrons. The molecule has 1 fully saturated rings. The number of benzene rings is 1. The molecule has 1 aromatic heterocycles. The van der Waals surface area contributed by atoms with Crippen LogP contribution in [0.25, 0.3) is 0 Å². The van der Waals surface area contributed by atoms with Crippen LogP contribution in [0.2, 0.25) is 0 Å². The first kappa shape index (κ1) is 20.5. The number of rotatable bonds is 6. The van der Waals surface area contributed by atoms with Crippen LogP contribution < -0.4 is 16.2 Å². The van der Waals surface area contributed by atoms with Crippen LogP contribution in [-0.4, -0.2) is 28.3 Å². The van der Waals surface area contributed by atoms with E-state index in [0.717, 1.165) is 29.1 Å². The largest absolute Gasteiger partial charge is 0.354 e. The molecule has 0 saturated carbocycles. The highest BCUT2D eigenvalue weighted by atomic mass is 19.1. The number of carbonyl (C=O) groups is 1. The fraction of sp³-hybridized carbons (Fsp3) is 0.524. The topological polar surface area (TPSA) is 71.0 Å². The van der Waals surface area contributed by atoms with Gasteiger partial charge in [-0.25, -0.2) is 15.2 Å². The molecule has 2 aromatic rings. The second-order valence-electron chi connectivity index (χ2n) is 8.14. The number of halogens is 1. The van der Waals surface area contributed by atoms with Gasteiger partial charge in [-0.05, 0) is 44.9 Å². The smallest absolute Gasteiger partial charge is 0.238 e. The molecule has 1 aliphatic rings. The molecule has 152 valence electrons. The number of carbonyl (C=O) groups excluding carboxylic acids is 1. The van der Waals surface area contributed by atoms with Crippen LogP contribution >= 0.6 is 0 Å². The standard InChI is InChI=1S/C21H30FN5O/c1-6-27-14(3)19(13(2)26-27)17-11-18(25-24-17)20(28)23-12-21(4,5)15-8-7-9-16(22)10-15/h7-10,17-18,24-25H,6,11-12H2,1-5H3,(H,23,28). The summed E-state index contributed by atoms with van der Waals surface area (Å²) >= 11 is 0. The van der Waals surface area contributed by atoms with Gasteiger partial charge in [-0.15, -0.1) is 0 Å². The minimum atomic E-state index is -0.362. The van der Waals surface area contributed by atoms with Gasteiger partial charge in [0.2, 0.25) is 5.91 Å². The number of nitrogens with zero attached hydrogens (tertiary/aromatic N) is 2. The van der Waals surface area contributed by atoms with Crippen LogP contribution in [0.5, 0.6) is 0 Å². The maximum absolute atomic E-state index is 13.5. The normalized spacial score (nSPS) is 19.8. The van der Waals surface area contributed by atoms with E-state index in [4.69, 9.17) is 0 Å². The van der Waals surface area contributed by atoms with Gasteiger partial charge in [-0.2, -0.15) is 5.10 Å². The Morgan fingerprint density at radius 3 is 2.75 bits per heavy atom. The summed E-state index contributed by atoms with van der Waals surface area (Å²) in [4.78, 5) is 12.7. The van der Waals surface area contributed by atoms with Gasteiger partial charge in [0.25, 0.3) is 0 Å². The number of hydrogen-bond donors (Lipinski definition) is 3. The number of hydrogen-bond acceptors (Lipinski definition) is 4. The molecule has 3 rings (SSSR count). The van der Waals surface area contributed by atoms with Crippen molar-refractivity contribution < 1.29 is 9.18 Å². The SMILES string of the molecule is CCn1nc(C)c(C2CC(C(=O)NCC(C)(C)c3cccc(F)c3)NN2)c1C. The third-order valence-electron chi connectivity index (χ3n) is 5.62. The summed E-state index contributed by atoms with van der Waals surface area (Å²) in [7, 11) is 0. The number of aromatic nitrogens is 2. The van der Waals surface area contributed by atoms with E-state index >= 15 is 0 Å². The van der Waals surface area contributed by atoms with Crippen LogP contribution in [0.1, 0.15) is 55.7 Å². The first-order valence-electron chi connectivity index (χ1n) is 9.81. The van der Waals surface area contributed by atoms with Gasteiger partial charge in [0, 0.05) is 29.8 Å².